The summed E-state index contributed by atoms with van der Waals surface area (Å²) in [6.07, 6.45) is 0. The molecular weight excluding hydrogens is 263 g/mol. The van der Waals surface area contributed by atoms with Crippen LogP contribution in [0.3, 0.4) is 0 Å². The molecule has 0 aliphatic rings. The third-order valence-electron chi connectivity index (χ3n) is 1.03. The fraction of sp³-hybridized carbons (Fsp3) is 0.143. The highest BCUT2D eigenvalue weighted by atomic mass is 79.9. The van der Waals surface area contributed by atoms with E-state index >= 15 is 0 Å². The van der Waals surface area contributed by atoms with Gasteiger partial charge in [-0.3, -0.25) is 0 Å². The maximum absolute atomic E-state index is 13.0. The molecule has 1 aromatic rings. The Morgan fingerprint density at radius 1 is 1.60 bits per heavy atom. The molecule has 0 saturated carbocycles. The van der Waals surface area contributed by atoms with E-state index in [4.69, 9.17) is 2.74 Å². The minimum absolute atomic E-state index is 0.00528. The SMILES string of the molecule is [2H]C([2H])(Br)c1ccc(Br)cc1F. The molecular formula is C7H5Br2F. The predicted octanol–water partition coefficient (Wildman–Crippen LogP) is 3.48. The summed E-state index contributed by atoms with van der Waals surface area (Å²) in [7, 11) is 0. The van der Waals surface area contributed by atoms with Gasteiger partial charge in [-0.1, -0.05) is 37.9 Å². The first-order valence-corrected chi connectivity index (χ1v) is 4.14. The van der Waals surface area contributed by atoms with E-state index in [2.05, 4.69) is 31.9 Å². The van der Waals surface area contributed by atoms with Gasteiger partial charge in [0.25, 0.3) is 0 Å². The molecule has 0 aliphatic carbocycles. The quantitative estimate of drug-likeness (QED) is 0.685. The molecule has 0 atom stereocenters. The number of hydrogen-bond donors (Lipinski definition) is 0. The molecule has 0 radical (unpaired) electrons. The first-order chi connectivity index (χ1) is 5.41. The van der Waals surface area contributed by atoms with E-state index in [1.54, 1.807) is 6.07 Å². The van der Waals surface area contributed by atoms with Gasteiger partial charge in [0.2, 0.25) is 0 Å². The highest BCUT2D eigenvalue weighted by Crippen LogP contribution is 2.16. The lowest BCUT2D eigenvalue weighted by atomic mass is 10.2. The molecule has 0 aromatic heterocycles. The summed E-state index contributed by atoms with van der Waals surface area (Å²) in [6, 6.07) is 4.22. The fourth-order valence-electron chi connectivity index (χ4n) is 0.566. The maximum atomic E-state index is 13.0. The van der Waals surface area contributed by atoms with E-state index in [1.807, 2.05) is 0 Å². The monoisotopic (exact) mass is 268 g/mol. The highest BCUT2D eigenvalue weighted by molar-refractivity contribution is 9.10. The number of halogens is 3. The molecule has 0 bridgehead atoms. The van der Waals surface area contributed by atoms with Gasteiger partial charge in [0, 0.05) is 12.5 Å². The van der Waals surface area contributed by atoms with Gasteiger partial charge in [-0.05, 0) is 17.7 Å². The number of rotatable bonds is 1. The van der Waals surface area contributed by atoms with Crippen LogP contribution in [0.1, 0.15) is 8.30 Å². The van der Waals surface area contributed by atoms with E-state index in [0.29, 0.717) is 4.47 Å². The molecule has 0 spiro atoms. The van der Waals surface area contributed by atoms with Crippen molar-refractivity contribution in [2.75, 3.05) is 0 Å². The summed E-state index contributed by atoms with van der Waals surface area (Å²) in [6.45, 7) is 0. The molecule has 1 aromatic carbocycles. The van der Waals surface area contributed by atoms with Crippen molar-refractivity contribution < 1.29 is 7.13 Å². The van der Waals surface area contributed by atoms with Crippen LogP contribution in [0.2, 0.25) is 0 Å². The van der Waals surface area contributed by atoms with Gasteiger partial charge in [0.1, 0.15) is 5.82 Å². The summed E-state index contributed by atoms with van der Waals surface area (Å²) < 4.78 is 28.1. The van der Waals surface area contributed by atoms with Crippen molar-refractivity contribution in [3.63, 3.8) is 0 Å². The Balaban J connectivity index is 3.19. The molecule has 0 N–H and O–H groups in total. The number of hydrogen-bond acceptors (Lipinski definition) is 0. The molecule has 0 nitrogen and oxygen atoms in total. The minimum Gasteiger partial charge on any atom is -0.207 e. The minimum atomic E-state index is -1.81. The summed E-state index contributed by atoms with van der Waals surface area (Å²) in [5.74, 6) is -0.564. The summed E-state index contributed by atoms with van der Waals surface area (Å²) >= 11 is 5.83. The average molecular weight is 270 g/mol. The van der Waals surface area contributed by atoms with Crippen molar-refractivity contribution in [1.29, 1.82) is 0 Å². The van der Waals surface area contributed by atoms with Crippen LogP contribution in [0, 0.1) is 5.82 Å². The lowest BCUT2D eigenvalue weighted by Gasteiger charge is -1.96. The Labute approximate surface area is 78.5 Å². The first kappa shape index (κ1) is 5.72. The molecule has 0 aliphatic heterocycles. The third kappa shape index (κ3) is 1.80. The predicted molar refractivity (Wildman–Crippen MR) is 46.7 cm³/mol. The molecule has 1 rings (SSSR count). The van der Waals surface area contributed by atoms with E-state index in [-0.39, 0.29) is 5.56 Å². The highest BCUT2D eigenvalue weighted by Gasteiger charge is 1.98. The topological polar surface area (TPSA) is 0 Å². The molecule has 0 unspecified atom stereocenters. The number of benzene rings is 1. The van der Waals surface area contributed by atoms with E-state index in [1.165, 1.54) is 12.1 Å². The van der Waals surface area contributed by atoms with Crippen LogP contribution in [0.25, 0.3) is 0 Å². The maximum Gasteiger partial charge on any atom is 0.128 e. The Bertz CT molecular complexity index is 296. The molecule has 54 valence electrons. The molecule has 0 heterocycles. The van der Waals surface area contributed by atoms with Gasteiger partial charge in [-0.2, -0.15) is 0 Å². The van der Waals surface area contributed by atoms with Crippen molar-refractivity contribution in [2.24, 2.45) is 0 Å². The molecule has 0 fully saturated rings. The molecule has 10 heavy (non-hydrogen) atoms. The zero-order chi connectivity index (χ0) is 9.35. The van der Waals surface area contributed by atoms with Crippen LogP contribution in [0.15, 0.2) is 22.7 Å². The van der Waals surface area contributed by atoms with Crippen LogP contribution in [0.5, 0.6) is 0 Å². The van der Waals surface area contributed by atoms with Crippen LogP contribution < -0.4 is 0 Å². The fourth-order valence-corrected chi connectivity index (χ4v) is 1.22. The zero-order valence-electron chi connectivity index (χ0n) is 6.87. The lowest BCUT2D eigenvalue weighted by Crippen LogP contribution is -1.83. The summed E-state index contributed by atoms with van der Waals surface area (Å²) in [5.41, 5.74) is 0.00528. The van der Waals surface area contributed by atoms with Crippen molar-refractivity contribution in [2.45, 2.75) is 5.28 Å². The van der Waals surface area contributed by atoms with Gasteiger partial charge in [0.05, 0.1) is 0 Å². The normalized spacial score (nSPS) is 14.3. The van der Waals surface area contributed by atoms with E-state index in [9.17, 15) is 4.39 Å². The van der Waals surface area contributed by atoms with E-state index < -0.39 is 11.1 Å². The Morgan fingerprint density at radius 3 is 2.80 bits per heavy atom. The van der Waals surface area contributed by atoms with Gasteiger partial charge in [-0.25, -0.2) is 4.39 Å². The molecule has 3 heteroatoms. The van der Waals surface area contributed by atoms with Crippen molar-refractivity contribution in [3.8, 4) is 0 Å². The van der Waals surface area contributed by atoms with Crippen LogP contribution in [-0.4, -0.2) is 0 Å². The standard InChI is InChI=1S/C7H5Br2F/c8-4-5-1-2-6(9)3-7(5)10/h1-3H,4H2/i4D2. The van der Waals surface area contributed by atoms with Crippen LogP contribution in [0.4, 0.5) is 4.39 Å². The van der Waals surface area contributed by atoms with Crippen molar-refractivity contribution in [1.82, 2.24) is 0 Å². The van der Waals surface area contributed by atoms with Crippen LogP contribution in [-0.2, 0) is 5.28 Å². The molecule has 0 amide bonds. The van der Waals surface area contributed by atoms with Gasteiger partial charge in [-0.15, -0.1) is 0 Å². The van der Waals surface area contributed by atoms with Crippen molar-refractivity contribution in [3.05, 3.63) is 34.1 Å². The second kappa shape index (κ2) is 3.49. The Hall–Kier alpha value is 0.110. The summed E-state index contributed by atoms with van der Waals surface area (Å²) in [5, 5.41) is -1.81. The largest absolute Gasteiger partial charge is 0.207 e. The van der Waals surface area contributed by atoms with E-state index in [0.717, 1.165) is 0 Å². The van der Waals surface area contributed by atoms with Crippen LogP contribution >= 0.6 is 31.9 Å². The third-order valence-corrected chi connectivity index (χ3v) is 1.95. The zero-order valence-corrected chi connectivity index (χ0v) is 8.04. The first-order valence-electron chi connectivity index (χ1n) is 3.55. The Morgan fingerprint density at radius 2 is 2.30 bits per heavy atom. The van der Waals surface area contributed by atoms with Crippen molar-refractivity contribution >= 4 is 31.9 Å². The second-order valence-electron chi connectivity index (χ2n) is 1.72. The Kier molecular flexibility index (Phi) is 1.99. The smallest absolute Gasteiger partial charge is 0.128 e. The van der Waals surface area contributed by atoms with Gasteiger partial charge < -0.3 is 0 Å². The second-order valence-corrected chi connectivity index (χ2v) is 3.03. The van der Waals surface area contributed by atoms with Gasteiger partial charge >= 0.3 is 0 Å². The van der Waals surface area contributed by atoms with Gasteiger partial charge in [0.15, 0.2) is 0 Å². The number of alkyl halides is 1. The average Bonchev–Trinajstić information content (AvgIpc) is 1.83. The molecule has 0 saturated heterocycles. The lowest BCUT2D eigenvalue weighted by molar-refractivity contribution is 0.617. The summed E-state index contributed by atoms with van der Waals surface area (Å²) in [4.78, 5) is 0.